The zero-order valence-corrected chi connectivity index (χ0v) is 62.0. The Morgan fingerprint density at radius 3 is 1.28 bits per heavy atom. The fourth-order valence-corrected chi connectivity index (χ4v) is 17.2. The number of aromatic nitrogens is 1. The van der Waals surface area contributed by atoms with Gasteiger partial charge in [0.2, 0.25) is 0 Å². The Morgan fingerprint density at radius 1 is 0.267 bits per heavy atom. The van der Waals surface area contributed by atoms with Crippen LogP contribution in [0.15, 0.2) is 296 Å². The van der Waals surface area contributed by atoms with Gasteiger partial charge >= 0.3 is 0 Å². The maximum Gasteiger partial charge on any atom is 0.252 e. The minimum absolute atomic E-state index is 0.0429. The van der Waals surface area contributed by atoms with Crippen LogP contribution in [0.3, 0.4) is 0 Å². The molecule has 0 spiro atoms. The average molecular weight is 1350 g/mol. The topological polar surface area (TPSA) is 24.0 Å². The van der Waals surface area contributed by atoms with Crippen LogP contribution >= 0.6 is 0 Å². The van der Waals surface area contributed by atoms with E-state index >= 15 is 0 Å². The lowest BCUT2D eigenvalue weighted by molar-refractivity contribution is 0.568. The van der Waals surface area contributed by atoms with Crippen LogP contribution in [0.25, 0.3) is 127 Å². The molecule has 3 aromatic heterocycles. The van der Waals surface area contributed by atoms with E-state index in [2.05, 4.69) is 388 Å². The number of anilines is 6. The second kappa shape index (κ2) is 23.4. The lowest BCUT2D eigenvalue weighted by Crippen LogP contribution is -2.61. The first-order valence-electron chi connectivity index (χ1n) is 37.4. The van der Waals surface area contributed by atoms with Gasteiger partial charge in [0.15, 0.2) is 0 Å². The van der Waals surface area contributed by atoms with E-state index in [9.17, 15) is 0 Å². The molecule has 4 nitrogen and oxygen atoms in total. The summed E-state index contributed by atoms with van der Waals surface area (Å²) in [7, 11) is 0. The maximum atomic E-state index is 6.51. The summed E-state index contributed by atoms with van der Waals surface area (Å²) in [4.78, 5) is 5.32. The molecule has 105 heavy (non-hydrogen) atoms. The molecule has 0 atom stereocenters. The second-order valence-electron chi connectivity index (χ2n) is 33.8. The minimum atomic E-state index is -0.202. The zero-order chi connectivity index (χ0) is 71.7. The molecule has 0 saturated heterocycles. The number of furan rings is 1. The van der Waals surface area contributed by atoms with E-state index < -0.39 is 0 Å². The zero-order valence-electron chi connectivity index (χ0n) is 62.0. The standard InChI is InChI=1S/C100H84BN3O/c1-97(2,3)71-49-68(50-72(59-71)98(4,5)6)61-37-43-75(44-38-61)102-88-56-67(69-51-73(99(7,8)9)60-74(52-69)100(10,11)12)40-46-84(88)101-85-45-39-66(64-42-48-93-83(54-64)79-30-20-22-36-92(79)105-93)55-89(85)104(95-76(62-25-15-13-16-26-62)31-23-32-77(95)63-27-17-14-18-28-63)91-58-70(57-90(102)94(91)101)65-41-47-87-82(53-65)81-34-24-33-80-78-29-19-21-35-86(78)103(87)96(80)81/h13-60H,1-12H3. The van der Waals surface area contributed by atoms with Gasteiger partial charge < -0.3 is 18.6 Å². The molecule has 508 valence electrons. The highest BCUT2D eigenvalue weighted by Crippen LogP contribution is 2.53. The monoisotopic (exact) mass is 1350 g/mol. The molecule has 5 heteroatoms. The van der Waals surface area contributed by atoms with Gasteiger partial charge in [-0.1, -0.05) is 301 Å². The van der Waals surface area contributed by atoms with E-state index in [1.165, 1.54) is 99.0 Å². The number of hydrogen-bond acceptors (Lipinski definition) is 3. The van der Waals surface area contributed by atoms with E-state index in [-0.39, 0.29) is 28.4 Å². The van der Waals surface area contributed by atoms with Crippen molar-refractivity contribution in [3.63, 3.8) is 0 Å². The molecule has 19 rings (SSSR count). The van der Waals surface area contributed by atoms with E-state index in [0.29, 0.717) is 0 Å². The van der Waals surface area contributed by atoms with Crippen LogP contribution in [-0.2, 0) is 21.7 Å². The first-order valence-corrected chi connectivity index (χ1v) is 37.4. The summed E-state index contributed by atoms with van der Waals surface area (Å²) >= 11 is 0. The van der Waals surface area contributed by atoms with E-state index in [0.717, 1.165) is 101 Å². The van der Waals surface area contributed by atoms with Crippen LogP contribution < -0.4 is 26.2 Å². The van der Waals surface area contributed by atoms with Gasteiger partial charge in [0, 0.05) is 71.9 Å². The number of benzene rings is 14. The molecular weight excluding hydrogens is 1270 g/mol. The van der Waals surface area contributed by atoms with Crippen LogP contribution in [-0.4, -0.2) is 11.1 Å². The molecule has 0 fully saturated rings. The van der Waals surface area contributed by atoms with Gasteiger partial charge in [0.25, 0.3) is 6.71 Å². The van der Waals surface area contributed by atoms with Crippen LogP contribution in [0.2, 0.25) is 0 Å². The molecule has 0 unspecified atom stereocenters. The summed E-state index contributed by atoms with van der Waals surface area (Å²) in [6.45, 7) is 27.9. The van der Waals surface area contributed by atoms with Crippen LogP contribution in [0.5, 0.6) is 0 Å². The summed E-state index contributed by atoms with van der Waals surface area (Å²) in [5.41, 5.74) is 35.0. The maximum absolute atomic E-state index is 6.51. The van der Waals surface area contributed by atoms with Gasteiger partial charge in [0.1, 0.15) is 11.2 Å². The smallest absolute Gasteiger partial charge is 0.252 e. The Bertz CT molecular complexity index is 6260. The Morgan fingerprint density at radius 2 is 0.676 bits per heavy atom. The number of para-hydroxylation sites is 4. The van der Waals surface area contributed by atoms with Crippen molar-refractivity contribution in [2.45, 2.75) is 105 Å². The molecule has 5 heterocycles. The fourth-order valence-electron chi connectivity index (χ4n) is 17.2. The van der Waals surface area contributed by atoms with E-state index in [4.69, 9.17) is 4.42 Å². The number of nitrogens with zero attached hydrogens (tertiary/aromatic N) is 3. The van der Waals surface area contributed by atoms with Gasteiger partial charge in [-0.25, -0.2) is 0 Å². The lowest BCUT2D eigenvalue weighted by Gasteiger charge is -2.45. The SMILES string of the molecule is CC(C)(C)c1cc(-c2ccc(N3c4cc(-c5cc(C(C)(C)C)cc(C(C)(C)C)c5)ccc4B4c5ccc(-c6ccc7oc8ccccc8c7c6)cc5N(c5c(-c6ccccc6)cccc5-c5ccccc5)c5cc(-c6ccc7c(c6)c6cccc8c9ccccc9n7c86)cc3c54)cc2)cc(C(C)(C)C)c1. The second-order valence-corrected chi connectivity index (χ2v) is 33.8. The number of fused-ring (bicyclic) bond motifs is 13. The summed E-state index contributed by atoms with van der Waals surface area (Å²) in [6.07, 6.45) is 0. The minimum Gasteiger partial charge on any atom is -0.456 e. The molecule has 0 aliphatic carbocycles. The van der Waals surface area contributed by atoms with Crippen molar-refractivity contribution in [3.8, 4) is 66.8 Å². The van der Waals surface area contributed by atoms with Crippen molar-refractivity contribution in [2.75, 3.05) is 9.80 Å². The Balaban J connectivity index is 0.936. The Kier molecular flexibility index (Phi) is 14.3. The van der Waals surface area contributed by atoms with Crippen LogP contribution in [0.4, 0.5) is 34.1 Å². The molecule has 2 aliphatic rings. The molecule has 14 aromatic carbocycles. The first kappa shape index (κ1) is 64.2. The Labute approximate surface area is 616 Å². The van der Waals surface area contributed by atoms with Crippen molar-refractivity contribution < 1.29 is 4.42 Å². The number of rotatable bonds is 8. The molecule has 0 radical (unpaired) electrons. The van der Waals surface area contributed by atoms with Crippen LogP contribution in [0.1, 0.15) is 105 Å². The first-order chi connectivity index (χ1) is 50.6. The van der Waals surface area contributed by atoms with Gasteiger partial charge in [0.05, 0.1) is 22.2 Å². The van der Waals surface area contributed by atoms with Crippen molar-refractivity contribution in [1.29, 1.82) is 0 Å². The predicted octanol–water partition coefficient (Wildman–Crippen LogP) is 26.0. The van der Waals surface area contributed by atoms with Crippen LogP contribution in [0, 0.1) is 0 Å². The summed E-state index contributed by atoms with van der Waals surface area (Å²) in [6, 6.07) is 111. The normalized spacial score (nSPS) is 13.3. The van der Waals surface area contributed by atoms with Gasteiger partial charge in [-0.05, 0) is 189 Å². The van der Waals surface area contributed by atoms with Gasteiger partial charge in [-0.15, -0.1) is 0 Å². The highest BCUT2D eigenvalue weighted by molar-refractivity contribution is 7.00. The van der Waals surface area contributed by atoms with Crippen molar-refractivity contribution >= 4 is 117 Å². The largest absolute Gasteiger partial charge is 0.456 e. The average Bonchev–Trinajstić information content (AvgIpc) is 1.66. The number of hydrogen-bond donors (Lipinski definition) is 0. The third kappa shape index (κ3) is 10.5. The highest BCUT2D eigenvalue weighted by atomic mass is 16.3. The van der Waals surface area contributed by atoms with Gasteiger partial charge in [-0.3, -0.25) is 0 Å². The molecule has 0 bridgehead atoms. The molecule has 17 aromatic rings. The third-order valence-electron chi connectivity index (χ3n) is 22.9. The molecule has 0 N–H and O–H groups in total. The van der Waals surface area contributed by atoms with Crippen molar-refractivity contribution in [1.82, 2.24) is 4.40 Å². The molecule has 0 saturated carbocycles. The van der Waals surface area contributed by atoms with Gasteiger partial charge in [-0.2, -0.15) is 0 Å². The lowest BCUT2D eigenvalue weighted by atomic mass is 9.33. The third-order valence-corrected chi connectivity index (χ3v) is 22.9. The van der Waals surface area contributed by atoms with Crippen molar-refractivity contribution in [3.05, 3.63) is 313 Å². The highest BCUT2D eigenvalue weighted by Gasteiger charge is 2.45. The molecule has 2 aliphatic heterocycles. The fraction of sp³-hybridized carbons (Fsp3) is 0.160. The quantitative estimate of drug-likeness (QED) is 0.142. The summed E-state index contributed by atoms with van der Waals surface area (Å²) in [5.74, 6) is 0. The molecular formula is C100H84BN3O. The van der Waals surface area contributed by atoms with E-state index in [1.807, 2.05) is 0 Å². The summed E-state index contributed by atoms with van der Waals surface area (Å²) < 4.78 is 9.01. The van der Waals surface area contributed by atoms with Crippen molar-refractivity contribution in [2.24, 2.45) is 0 Å². The van der Waals surface area contributed by atoms with E-state index in [1.54, 1.807) is 0 Å². The predicted molar refractivity (Wildman–Crippen MR) is 450 cm³/mol. The molecule has 0 amide bonds. The summed E-state index contributed by atoms with van der Waals surface area (Å²) in [5, 5.41) is 7.25. The Hall–Kier alpha value is -11.7.